The molecule has 150 valence electrons. The fraction of sp³-hybridized carbons (Fsp3) is 0.500. The maximum absolute atomic E-state index is 12.4. The van der Waals surface area contributed by atoms with Crippen LogP contribution in [0.15, 0.2) is 33.9 Å². The molecule has 0 aliphatic carbocycles. The van der Waals surface area contributed by atoms with E-state index in [1.165, 1.54) is 17.3 Å². The Bertz CT molecular complexity index is 842. The van der Waals surface area contributed by atoms with Crippen LogP contribution in [0.5, 0.6) is 0 Å². The van der Waals surface area contributed by atoms with Crippen molar-refractivity contribution in [1.82, 2.24) is 15.1 Å². The lowest BCUT2D eigenvalue weighted by Crippen LogP contribution is -2.44. The Morgan fingerprint density at radius 3 is 2.61 bits per heavy atom. The fourth-order valence-corrected chi connectivity index (χ4v) is 3.81. The number of nitrogens with two attached hydrogens (primary N) is 1. The van der Waals surface area contributed by atoms with Gasteiger partial charge < -0.3 is 15.1 Å². The van der Waals surface area contributed by atoms with Crippen LogP contribution in [0, 0.1) is 5.92 Å². The number of primary amides is 1. The summed E-state index contributed by atoms with van der Waals surface area (Å²) in [5, 5.41) is 8.46. The van der Waals surface area contributed by atoms with Gasteiger partial charge in [-0.05, 0) is 36.0 Å². The van der Waals surface area contributed by atoms with E-state index < -0.39 is 0 Å². The normalized spacial score (nSPS) is 17.5. The van der Waals surface area contributed by atoms with Gasteiger partial charge in [0.2, 0.25) is 17.7 Å². The highest BCUT2D eigenvalue weighted by Gasteiger charge is 2.27. The number of nitrogens with zero attached hydrogens (tertiary/aromatic N) is 3. The minimum Gasteiger partial charge on any atom is -0.411 e. The summed E-state index contributed by atoms with van der Waals surface area (Å²) in [6.45, 7) is 7.53. The molecule has 2 heterocycles. The number of benzene rings is 1. The van der Waals surface area contributed by atoms with Crippen molar-refractivity contribution in [2.45, 2.75) is 44.3 Å². The molecular formula is C20H26N4O3S. The molecule has 1 fully saturated rings. The first-order valence-electron chi connectivity index (χ1n) is 9.38. The predicted octanol–water partition coefficient (Wildman–Crippen LogP) is 2.85. The Morgan fingerprint density at radius 2 is 1.96 bits per heavy atom. The summed E-state index contributed by atoms with van der Waals surface area (Å²) in [7, 11) is 0. The third-order valence-electron chi connectivity index (χ3n) is 4.90. The Morgan fingerprint density at radius 1 is 1.25 bits per heavy atom. The average molecular weight is 403 g/mol. The van der Waals surface area contributed by atoms with Gasteiger partial charge in [0.15, 0.2) is 0 Å². The Labute approximate surface area is 169 Å². The summed E-state index contributed by atoms with van der Waals surface area (Å²) in [6.07, 6.45) is 1.53. The van der Waals surface area contributed by atoms with Crippen LogP contribution in [-0.4, -0.2) is 45.8 Å². The highest BCUT2D eigenvalue weighted by atomic mass is 32.2. The Balaban J connectivity index is 1.57. The summed E-state index contributed by atoms with van der Waals surface area (Å²) >= 11 is 1.21. The molecule has 3 rings (SSSR count). The predicted molar refractivity (Wildman–Crippen MR) is 108 cm³/mol. The van der Waals surface area contributed by atoms with Crippen molar-refractivity contribution in [2.24, 2.45) is 11.7 Å². The van der Waals surface area contributed by atoms with Gasteiger partial charge in [-0.2, -0.15) is 0 Å². The summed E-state index contributed by atoms with van der Waals surface area (Å²) in [5.41, 5.74) is 7.53. The lowest BCUT2D eigenvalue weighted by molar-refractivity contribution is -0.132. The van der Waals surface area contributed by atoms with Gasteiger partial charge in [-0.1, -0.05) is 44.7 Å². The molecule has 1 aliphatic heterocycles. The topological polar surface area (TPSA) is 102 Å². The smallest absolute Gasteiger partial charge is 0.277 e. The molecule has 8 heteroatoms. The first-order chi connectivity index (χ1) is 13.2. The molecule has 1 aromatic carbocycles. The molecule has 2 amide bonds. The molecule has 7 nitrogen and oxygen atoms in total. The summed E-state index contributed by atoms with van der Waals surface area (Å²) in [6, 6.07) is 8.04. The number of thioether (sulfide) groups is 1. The number of hydrogen-bond acceptors (Lipinski definition) is 6. The molecule has 1 atom stereocenters. The minimum atomic E-state index is -0.343. The molecule has 2 N–H and O–H groups in total. The van der Waals surface area contributed by atoms with Crippen LogP contribution < -0.4 is 5.73 Å². The molecular weight excluding hydrogens is 376 g/mol. The standard InChI is InChI=1S/C20H26N4O3S/c1-20(2,3)15-8-6-13(7-9-15)18-22-23-19(27-18)28-12-16(25)24-10-4-5-14(11-24)17(21)26/h6-9,14H,4-5,10-12H2,1-3H3,(H2,21,26). The number of hydrogen-bond donors (Lipinski definition) is 1. The van der Waals surface area contributed by atoms with E-state index in [4.69, 9.17) is 10.2 Å². The number of likely N-dealkylation sites (tertiary alicyclic amines) is 1. The van der Waals surface area contributed by atoms with Gasteiger partial charge in [0.1, 0.15) is 0 Å². The molecule has 1 aromatic heterocycles. The minimum absolute atomic E-state index is 0.0507. The number of carbonyl (C=O) groups is 2. The van der Waals surface area contributed by atoms with Crippen molar-refractivity contribution in [3.8, 4) is 11.5 Å². The molecule has 0 spiro atoms. The average Bonchev–Trinajstić information content (AvgIpc) is 3.14. The molecule has 1 aliphatic rings. The van der Waals surface area contributed by atoms with Crippen molar-refractivity contribution in [2.75, 3.05) is 18.8 Å². The van der Waals surface area contributed by atoms with Gasteiger partial charge >= 0.3 is 0 Å². The van der Waals surface area contributed by atoms with Crippen molar-refractivity contribution in [3.63, 3.8) is 0 Å². The first kappa shape index (κ1) is 20.4. The van der Waals surface area contributed by atoms with Gasteiger partial charge in [-0.15, -0.1) is 10.2 Å². The van der Waals surface area contributed by atoms with Gasteiger partial charge in [0, 0.05) is 18.7 Å². The molecule has 28 heavy (non-hydrogen) atoms. The van der Waals surface area contributed by atoms with E-state index in [0.29, 0.717) is 24.2 Å². The van der Waals surface area contributed by atoms with E-state index in [2.05, 4.69) is 43.1 Å². The van der Waals surface area contributed by atoms with Crippen LogP contribution in [0.2, 0.25) is 0 Å². The van der Waals surface area contributed by atoms with Gasteiger partial charge in [0.25, 0.3) is 5.22 Å². The molecule has 1 saturated heterocycles. The molecule has 0 bridgehead atoms. The number of rotatable bonds is 5. The summed E-state index contributed by atoms with van der Waals surface area (Å²) in [5.74, 6) is -0.0267. The third kappa shape index (κ3) is 4.92. The van der Waals surface area contributed by atoms with Crippen LogP contribution >= 0.6 is 11.8 Å². The molecule has 1 unspecified atom stereocenters. The van der Waals surface area contributed by atoms with Gasteiger partial charge in [0.05, 0.1) is 11.7 Å². The van der Waals surface area contributed by atoms with Crippen molar-refractivity contribution in [1.29, 1.82) is 0 Å². The van der Waals surface area contributed by atoms with Crippen LogP contribution in [0.1, 0.15) is 39.2 Å². The number of amides is 2. The van der Waals surface area contributed by atoms with Crippen LogP contribution in [0.4, 0.5) is 0 Å². The van der Waals surface area contributed by atoms with E-state index in [1.807, 2.05) is 12.1 Å². The monoisotopic (exact) mass is 402 g/mol. The van der Waals surface area contributed by atoms with Crippen LogP contribution in [0.3, 0.4) is 0 Å². The van der Waals surface area contributed by atoms with E-state index in [0.717, 1.165) is 18.4 Å². The first-order valence-corrected chi connectivity index (χ1v) is 10.4. The Kier molecular flexibility index (Phi) is 6.07. The zero-order valence-electron chi connectivity index (χ0n) is 16.5. The fourth-order valence-electron chi connectivity index (χ4n) is 3.15. The SMILES string of the molecule is CC(C)(C)c1ccc(-c2nnc(SCC(=O)N3CCCC(C(N)=O)C3)o2)cc1. The highest BCUT2D eigenvalue weighted by Crippen LogP contribution is 2.27. The quantitative estimate of drug-likeness (QED) is 0.772. The third-order valence-corrected chi connectivity index (χ3v) is 5.70. The second-order valence-electron chi connectivity index (χ2n) is 8.07. The van der Waals surface area contributed by atoms with Crippen LogP contribution in [0.25, 0.3) is 11.5 Å². The maximum Gasteiger partial charge on any atom is 0.277 e. The van der Waals surface area contributed by atoms with E-state index in [-0.39, 0.29) is 28.9 Å². The molecule has 0 saturated carbocycles. The maximum atomic E-state index is 12.4. The molecule has 0 radical (unpaired) electrons. The lowest BCUT2D eigenvalue weighted by Gasteiger charge is -2.31. The van der Waals surface area contributed by atoms with Crippen molar-refractivity contribution in [3.05, 3.63) is 29.8 Å². The van der Waals surface area contributed by atoms with Gasteiger partial charge in [-0.3, -0.25) is 9.59 Å². The number of aromatic nitrogens is 2. The van der Waals surface area contributed by atoms with E-state index in [9.17, 15) is 9.59 Å². The highest BCUT2D eigenvalue weighted by molar-refractivity contribution is 7.99. The second-order valence-corrected chi connectivity index (χ2v) is 9.00. The Hall–Kier alpha value is -2.35. The van der Waals surface area contributed by atoms with E-state index >= 15 is 0 Å². The zero-order valence-corrected chi connectivity index (χ0v) is 17.3. The van der Waals surface area contributed by atoms with E-state index in [1.54, 1.807) is 4.90 Å². The van der Waals surface area contributed by atoms with Crippen molar-refractivity contribution < 1.29 is 14.0 Å². The zero-order chi connectivity index (χ0) is 20.3. The summed E-state index contributed by atoms with van der Waals surface area (Å²) < 4.78 is 5.69. The summed E-state index contributed by atoms with van der Waals surface area (Å²) in [4.78, 5) is 25.5. The number of carbonyl (C=O) groups excluding carboxylic acids is 2. The van der Waals surface area contributed by atoms with Crippen LogP contribution in [-0.2, 0) is 15.0 Å². The van der Waals surface area contributed by atoms with Crippen molar-refractivity contribution >= 4 is 23.6 Å². The van der Waals surface area contributed by atoms with Gasteiger partial charge in [-0.25, -0.2) is 0 Å². The second kappa shape index (κ2) is 8.34. The largest absolute Gasteiger partial charge is 0.411 e. The lowest BCUT2D eigenvalue weighted by atomic mass is 9.87. The molecule has 2 aromatic rings. The number of piperidine rings is 1.